The first-order valence-corrected chi connectivity index (χ1v) is 6.21. The summed E-state index contributed by atoms with van der Waals surface area (Å²) in [6, 6.07) is 5.88. The van der Waals surface area contributed by atoms with E-state index < -0.39 is 0 Å². The molecule has 0 aliphatic heterocycles. The summed E-state index contributed by atoms with van der Waals surface area (Å²) in [4.78, 5) is 19.5. The Morgan fingerprint density at radius 1 is 1.22 bits per heavy atom. The average Bonchev–Trinajstić information content (AvgIpc) is 2.72. The van der Waals surface area contributed by atoms with Gasteiger partial charge in [0.15, 0.2) is 5.78 Å². The van der Waals surface area contributed by atoms with Gasteiger partial charge in [-0.2, -0.15) is 0 Å². The largest absolute Gasteiger partial charge is 0.358 e. The Labute approximate surface area is 106 Å². The number of nitrogens with zero attached hydrogens (tertiary/aromatic N) is 1. The van der Waals surface area contributed by atoms with Crippen molar-refractivity contribution in [3.63, 3.8) is 0 Å². The lowest BCUT2D eigenvalue weighted by atomic mass is 9.76. The lowest BCUT2D eigenvalue weighted by Gasteiger charge is -2.27. The van der Waals surface area contributed by atoms with Crippen LogP contribution in [0, 0.1) is 5.41 Å². The van der Waals surface area contributed by atoms with Gasteiger partial charge in [0.1, 0.15) is 0 Å². The van der Waals surface area contributed by atoms with E-state index in [1.54, 1.807) is 12.4 Å². The Kier molecular flexibility index (Phi) is 2.37. The van der Waals surface area contributed by atoms with Crippen molar-refractivity contribution in [1.82, 2.24) is 9.97 Å². The maximum atomic E-state index is 12.1. The number of rotatable bonds is 1. The maximum Gasteiger partial charge on any atom is 0.165 e. The van der Waals surface area contributed by atoms with E-state index in [4.69, 9.17) is 0 Å². The summed E-state index contributed by atoms with van der Waals surface area (Å²) in [5, 5.41) is 0. The number of aromatic amines is 1. The molecule has 1 aliphatic carbocycles. The third-order valence-corrected chi connectivity index (χ3v) is 3.49. The maximum absolute atomic E-state index is 12.1. The second kappa shape index (κ2) is 3.80. The zero-order valence-electron chi connectivity index (χ0n) is 10.7. The van der Waals surface area contributed by atoms with Crippen molar-refractivity contribution in [1.29, 1.82) is 0 Å². The number of fused-ring (bicyclic) bond motifs is 1. The van der Waals surface area contributed by atoms with Crippen molar-refractivity contribution in [2.24, 2.45) is 5.41 Å². The predicted octanol–water partition coefficient (Wildman–Crippen LogP) is 3.23. The second-order valence-corrected chi connectivity index (χ2v) is 5.75. The van der Waals surface area contributed by atoms with Gasteiger partial charge in [0.25, 0.3) is 0 Å². The van der Waals surface area contributed by atoms with Gasteiger partial charge in [-0.25, -0.2) is 0 Å². The van der Waals surface area contributed by atoms with Crippen molar-refractivity contribution < 1.29 is 4.79 Å². The molecule has 0 amide bonds. The minimum Gasteiger partial charge on any atom is -0.358 e. The molecule has 2 aromatic heterocycles. The lowest BCUT2D eigenvalue weighted by Crippen LogP contribution is -2.26. The number of aromatic nitrogens is 2. The molecule has 0 saturated heterocycles. The van der Waals surface area contributed by atoms with Crippen LogP contribution in [0.25, 0.3) is 11.3 Å². The van der Waals surface area contributed by atoms with Crippen LogP contribution in [0.15, 0.2) is 30.6 Å². The van der Waals surface area contributed by atoms with Gasteiger partial charge in [-0.15, -0.1) is 0 Å². The number of ketones is 1. The molecule has 3 nitrogen and oxygen atoms in total. The smallest absolute Gasteiger partial charge is 0.165 e. The molecule has 18 heavy (non-hydrogen) atoms. The van der Waals surface area contributed by atoms with E-state index in [0.717, 1.165) is 28.9 Å². The second-order valence-electron chi connectivity index (χ2n) is 5.75. The van der Waals surface area contributed by atoms with Gasteiger partial charge in [0.2, 0.25) is 0 Å². The van der Waals surface area contributed by atoms with E-state index in [1.807, 2.05) is 18.2 Å². The van der Waals surface area contributed by atoms with E-state index >= 15 is 0 Å². The van der Waals surface area contributed by atoms with Gasteiger partial charge in [-0.3, -0.25) is 9.78 Å². The van der Waals surface area contributed by atoms with Crippen LogP contribution in [0.2, 0.25) is 0 Å². The highest BCUT2D eigenvalue weighted by atomic mass is 16.1. The average molecular weight is 240 g/mol. The number of H-pyrrole nitrogens is 1. The van der Waals surface area contributed by atoms with Crippen LogP contribution < -0.4 is 0 Å². The van der Waals surface area contributed by atoms with Crippen molar-refractivity contribution >= 4 is 5.78 Å². The zero-order valence-corrected chi connectivity index (χ0v) is 10.7. The van der Waals surface area contributed by atoms with E-state index in [2.05, 4.69) is 23.8 Å². The normalized spacial score (nSPS) is 17.6. The molecule has 2 aromatic rings. The topological polar surface area (TPSA) is 45.8 Å². The van der Waals surface area contributed by atoms with Crippen LogP contribution in [-0.2, 0) is 6.42 Å². The van der Waals surface area contributed by atoms with Crippen molar-refractivity contribution in [3.8, 4) is 11.3 Å². The summed E-state index contributed by atoms with van der Waals surface area (Å²) in [7, 11) is 0. The number of hydrogen-bond donors (Lipinski definition) is 1. The predicted molar refractivity (Wildman–Crippen MR) is 70.5 cm³/mol. The number of nitrogens with one attached hydrogen (secondary N) is 1. The SMILES string of the molecule is CC1(C)CC(=O)c2cc(-c3ccncc3)[nH]c2C1. The first-order valence-electron chi connectivity index (χ1n) is 6.21. The van der Waals surface area contributed by atoms with Gasteiger partial charge in [-0.05, 0) is 30.0 Å². The van der Waals surface area contributed by atoms with E-state index in [-0.39, 0.29) is 11.2 Å². The minimum atomic E-state index is 0.0600. The molecule has 2 heterocycles. The highest BCUT2D eigenvalue weighted by Gasteiger charge is 2.32. The number of Topliss-reactive ketones (excluding diaryl/α,β-unsaturated/α-hetero) is 1. The molecule has 1 aliphatic rings. The zero-order chi connectivity index (χ0) is 12.8. The highest BCUT2D eigenvalue weighted by Crippen LogP contribution is 2.36. The van der Waals surface area contributed by atoms with Gasteiger partial charge < -0.3 is 4.98 Å². The fourth-order valence-corrected chi connectivity index (χ4v) is 2.64. The first-order chi connectivity index (χ1) is 8.55. The quantitative estimate of drug-likeness (QED) is 0.831. The third kappa shape index (κ3) is 1.86. The van der Waals surface area contributed by atoms with Crippen LogP contribution in [0.1, 0.15) is 36.3 Å². The summed E-state index contributed by atoms with van der Waals surface area (Å²) < 4.78 is 0. The van der Waals surface area contributed by atoms with Gasteiger partial charge >= 0.3 is 0 Å². The van der Waals surface area contributed by atoms with E-state index in [9.17, 15) is 4.79 Å². The summed E-state index contributed by atoms with van der Waals surface area (Å²) in [5.74, 6) is 0.248. The van der Waals surface area contributed by atoms with Crippen LogP contribution in [-0.4, -0.2) is 15.8 Å². The molecule has 0 radical (unpaired) electrons. The molecule has 0 bridgehead atoms. The van der Waals surface area contributed by atoms with Crippen molar-refractivity contribution in [3.05, 3.63) is 41.9 Å². The molecule has 0 aromatic carbocycles. The Morgan fingerprint density at radius 3 is 2.67 bits per heavy atom. The number of carbonyl (C=O) groups is 1. The highest BCUT2D eigenvalue weighted by molar-refractivity contribution is 6.00. The summed E-state index contributed by atoms with van der Waals surface area (Å²) in [6.07, 6.45) is 5.09. The van der Waals surface area contributed by atoms with Crippen LogP contribution >= 0.6 is 0 Å². The third-order valence-electron chi connectivity index (χ3n) is 3.49. The standard InChI is InChI=1S/C15H16N2O/c1-15(2)8-13-11(14(18)9-15)7-12(17-13)10-3-5-16-6-4-10/h3-7,17H,8-9H2,1-2H3. The molecule has 0 atom stereocenters. The van der Waals surface area contributed by atoms with Crippen LogP contribution in [0.4, 0.5) is 0 Å². The Hall–Kier alpha value is -1.90. The molecule has 0 unspecified atom stereocenters. The summed E-state index contributed by atoms with van der Waals surface area (Å²) >= 11 is 0. The molecular formula is C15H16N2O. The van der Waals surface area contributed by atoms with Crippen molar-refractivity contribution in [2.45, 2.75) is 26.7 Å². The van der Waals surface area contributed by atoms with Crippen molar-refractivity contribution in [2.75, 3.05) is 0 Å². The monoisotopic (exact) mass is 240 g/mol. The van der Waals surface area contributed by atoms with Gasteiger partial charge in [0, 0.05) is 41.3 Å². The lowest BCUT2D eigenvalue weighted by molar-refractivity contribution is 0.0912. The fourth-order valence-electron chi connectivity index (χ4n) is 2.64. The molecule has 0 saturated carbocycles. The summed E-state index contributed by atoms with van der Waals surface area (Å²) in [5.41, 5.74) is 4.08. The molecule has 3 rings (SSSR count). The Morgan fingerprint density at radius 2 is 1.94 bits per heavy atom. The van der Waals surface area contributed by atoms with E-state index in [0.29, 0.717) is 6.42 Å². The number of pyridine rings is 1. The van der Waals surface area contributed by atoms with E-state index in [1.165, 1.54) is 0 Å². The molecule has 92 valence electrons. The molecular weight excluding hydrogens is 224 g/mol. The summed E-state index contributed by atoms with van der Waals surface area (Å²) in [6.45, 7) is 4.28. The molecule has 3 heteroatoms. The Balaban J connectivity index is 2.06. The van der Waals surface area contributed by atoms with Gasteiger partial charge in [0.05, 0.1) is 0 Å². The molecule has 1 N–H and O–H groups in total. The Bertz CT molecular complexity index is 596. The minimum absolute atomic E-state index is 0.0600. The molecule has 0 fully saturated rings. The fraction of sp³-hybridized carbons (Fsp3) is 0.333. The van der Waals surface area contributed by atoms with Gasteiger partial charge in [-0.1, -0.05) is 13.8 Å². The van der Waals surface area contributed by atoms with Crippen LogP contribution in [0.3, 0.4) is 0 Å². The van der Waals surface area contributed by atoms with Crippen LogP contribution in [0.5, 0.6) is 0 Å². The molecule has 0 spiro atoms. The number of carbonyl (C=O) groups excluding carboxylic acids is 1. The number of hydrogen-bond acceptors (Lipinski definition) is 2. The first kappa shape index (κ1) is 11.2.